The number of nitrogens with two attached hydrogens (primary N) is 1. The standard InChI is InChI=1S/C21H29ClN6O4S/c1-3-4-7-24-19(29)14-27-8-10-28(11-9-27)21-25-13-18(20(23)26-21)33(30,31)17-12-15(22)5-6-16(17)32-2/h5-6,12-13H,3-4,7-11,14H2,1-2H3,(H,24,29)(H2,23,25,26). The van der Waals surface area contributed by atoms with Crippen LogP contribution < -0.4 is 20.7 Å². The smallest absolute Gasteiger partial charge is 0.234 e. The number of methoxy groups -OCH3 is 1. The van der Waals surface area contributed by atoms with Gasteiger partial charge in [0.05, 0.1) is 19.9 Å². The molecule has 0 aliphatic carbocycles. The van der Waals surface area contributed by atoms with Crippen LogP contribution in [0.25, 0.3) is 0 Å². The molecule has 2 aromatic rings. The van der Waals surface area contributed by atoms with Crippen molar-refractivity contribution >= 4 is 39.1 Å². The first-order chi connectivity index (χ1) is 15.8. The van der Waals surface area contributed by atoms with E-state index in [1.54, 1.807) is 0 Å². The number of nitrogens with zero attached hydrogens (tertiary/aromatic N) is 4. The number of hydrogen-bond donors (Lipinski definition) is 2. The largest absolute Gasteiger partial charge is 0.495 e. The van der Waals surface area contributed by atoms with Gasteiger partial charge in [0.15, 0.2) is 0 Å². The van der Waals surface area contributed by atoms with Crippen LogP contribution in [0.2, 0.25) is 5.02 Å². The first-order valence-corrected chi connectivity index (χ1v) is 12.6. The summed E-state index contributed by atoms with van der Waals surface area (Å²) >= 11 is 5.99. The van der Waals surface area contributed by atoms with Crippen molar-refractivity contribution in [1.29, 1.82) is 0 Å². The molecule has 180 valence electrons. The first-order valence-electron chi connectivity index (χ1n) is 10.7. The van der Waals surface area contributed by atoms with Crippen LogP contribution >= 0.6 is 11.6 Å². The predicted octanol–water partition coefficient (Wildman–Crippen LogP) is 1.59. The number of ether oxygens (including phenoxy) is 1. The number of nitrogen functional groups attached to an aromatic ring is 1. The van der Waals surface area contributed by atoms with Gasteiger partial charge < -0.3 is 20.7 Å². The summed E-state index contributed by atoms with van der Waals surface area (Å²) in [5, 5.41) is 3.17. The van der Waals surface area contributed by atoms with E-state index in [0.29, 0.717) is 45.2 Å². The van der Waals surface area contributed by atoms with E-state index in [4.69, 9.17) is 22.1 Å². The molecule has 1 saturated heterocycles. The topological polar surface area (TPSA) is 131 Å². The van der Waals surface area contributed by atoms with Gasteiger partial charge in [-0.1, -0.05) is 24.9 Å². The number of piperazine rings is 1. The molecule has 0 saturated carbocycles. The van der Waals surface area contributed by atoms with Gasteiger partial charge in [0, 0.05) is 37.7 Å². The van der Waals surface area contributed by atoms with E-state index in [0.717, 1.165) is 12.8 Å². The van der Waals surface area contributed by atoms with Crippen LogP contribution in [-0.2, 0) is 14.6 Å². The summed E-state index contributed by atoms with van der Waals surface area (Å²) in [5.74, 6) is 0.359. The minimum absolute atomic E-state index is 0.0170. The van der Waals surface area contributed by atoms with E-state index in [2.05, 4.69) is 27.1 Å². The van der Waals surface area contributed by atoms with Gasteiger partial charge in [-0.05, 0) is 24.6 Å². The van der Waals surface area contributed by atoms with Gasteiger partial charge in [-0.25, -0.2) is 13.4 Å². The van der Waals surface area contributed by atoms with E-state index in [-0.39, 0.29) is 32.3 Å². The third kappa shape index (κ3) is 6.04. The van der Waals surface area contributed by atoms with Gasteiger partial charge in [0.1, 0.15) is 21.4 Å². The Morgan fingerprint density at radius 3 is 2.61 bits per heavy atom. The summed E-state index contributed by atoms with van der Waals surface area (Å²) in [6.45, 7) is 5.62. The summed E-state index contributed by atoms with van der Waals surface area (Å²) in [6.07, 6.45) is 3.21. The highest BCUT2D eigenvalue weighted by atomic mass is 35.5. The second-order valence-corrected chi connectivity index (χ2v) is 10.0. The fourth-order valence-corrected chi connectivity index (χ4v) is 5.17. The number of benzene rings is 1. The fraction of sp³-hybridized carbons (Fsp3) is 0.476. The highest BCUT2D eigenvalue weighted by Crippen LogP contribution is 2.33. The molecule has 1 aromatic heterocycles. The molecular weight excluding hydrogens is 468 g/mol. The predicted molar refractivity (Wildman–Crippen MR) is 126 cm³/mol. The third-order valence-corrected chi connectivity index (χ3v) is 7.38. The molecule has 1 fully saturated rings. The lowest BCUT2D eigenvalue weighted by atomic mass is 10.3. The summed E-state index contributed by atoms with van der Waals surface area (Å²) in [5.41, 5.74) is 6.04. The maximum Gasteiger partial charge on any atom is 0.234 e. The monoisotopic (exact) mass is 496 g/mol. The van der Waals surface area contributed by atoms with Crippen molar-refractivity contribution in [3.63, 3.8) is 0 Å². The van der Waals surface area contributed by atoms with Crippen LogP contribution in [0.1, 0.15) is 19.8 Å². The van der Waals surface area contributed by atoms with Crippen LogP contribution in [0.15, 0.2) is 34.2 Å². The Labute approximate surface area is 199 Å². The molecule has 1 aromatic carbocycles. The number of amides is 1. The maximum absolute atomic E-state index is 13.2. The fourth-order valence-electron chi connectivity index (χ4n) is 3.48. The summed E-state index contributed by atoms with van der Waals surface area (Å²) in [6, 6.07) is 4.32. The van der Waals surface area contributed by atoms with Gasteiger partial charge in [-0.2, -0.15) is 4.98 Å². The molecule has 12 heteroatoms. The van der Waals surface area contributed by atoms with Crippen molar-refractivity contribution in [3.05, 3.63) is 29.4 Å². The van der Waals surface area contributed by atoms with E-state index in [1.807, 2.05) is 4.90 Å². The average Bonchev–Trinajstić information content (AvgIpc) is 2.79. The van der Waals surface area contributed by atoms with Gasteiger partial charge in [0.2, 0.25) is 21.7 Å². The molecule has 1 aliphatic rings. The van der Waals surface area contributed by atoms with Crippen molar-refractivity contribution in [2.75, 3.05) is 57.0 Å². The van der Waals surface area contributed by atoms with Crippen molar-refractivity contribution < 1.29 is 17.9 Å². The van der Waals surface area contributed by atoms with Gasteiger partial charge in [-0.15, -0.1) is 0 Å². The van der Waals surface area contributed by atoms with E-state index in [1.165, 1.54) is 31.5 Å². The van der Waals surface area contributed by atoms with Gasteiger partial charge in [0.25, 0.3) is 0 Å². The third-order valence-electron chi connectivity index (χ3n) is 5.35. The maximum atomic E-state index is 13.2. The van der Waals surface area contributed by atoms with Crippen LogP contribution in [0.4, 0.5) is 11.8 Å². The molecule has 3 N–H and O–H groups in total. The van der Waals surface area contributed by atoms with Gasteiger partial charge >= 0.3 is 0 Å². The normalized spacial score (nSPS) is 14.8. The number of rotatable bonds is 9. The number of carbonyl (C=O) groups excluding carboxylic acids is 1. The summed E-state index contributed by atoms with van der Waals surface area (Å²) in [4.78, 5) is 24.2. The molecule has 0 radical (unpaired) electrons. The second-order valence-electron chi connectivity index (χ2n) is 7.68. The van der Waals surface area contributed by atoms with E-state index < -0.39 is 9.84 Å². The highest BCUT2D eigenvalue weighted by Gasteiger charge is 2.28. The Morgan fingerprint density at radius 1 is 1.24 bits per heavy atom. The molecule has 33 heavy (non-hydrogen) atoms. The zero-order valence-corrected chi connectivity index (χ0v) is 20.3. The van der Waals surface area contributed by atoms with E-state index in [9.17, 15) is 13.2 Å². The average molecular weight is 497 g/mol. The lowest BCUT2D eigenvalue weighted by Gasteiger charge is -2.34. The molecule has 3 rings (SSSR count). The Hall–Kier alpha value is -2.63. The van der Waals surface area contributed by atoms with Crippen molar-refractivity contribution in [1.82, 2.24) is 20.2 Å². The molecule has 0 spiro atoms. The van der Waals surface area contributed by atoms with E-state index >= 15 is 0 Å². The molecule has 1 aliphatic heterocycles. The second kappa shape index (κ2) is 11.0. The number of sulfone groups is 1. The molecule has 2 heterocycles. The van der Waals surface area contributed by atoms with Crippen LogP contribution in [0.3, 0.4) is 0 Å². The Balaban J connectivity index is 1.68. The summed E-state index contributed by atoms with van der Waals surface area (Å²) in [7, 11) is -2.67. The molecule has 1 amide bonds. The number of nitrogens with one attached hydrogen (secondary N) is 1. The Morgan fingerprint density at radius 2 is 1.97 bits per heavy atom. The van der Waals surface area contributed by atoms with Crippen molar-refractivity contribution in [2.45, 2.75) is 29.6 Å². The van der Waals surface area contributed by atoms with Gasteiger partial charge in [-0.3, -0.25) is 9.69 Å². The minimum atomic E-state index is -4.05. The number of unbranched alkanes of at least 4 members (excludes halogenated alkanes) is 1. The number of aromatic nitrogens is 2. The zero-order valence-electron chi connectivity index (χ0n) is 18.8. The highest BCUT2D eigenvalue weighted by molar-refractivity contribution is 7.91. The zero-order chi connectivity index (χ0) is 24.0. The lowest BCUT2D eigenvalue weighted by molar-refractivity contribution is -0.122. The molecule has 0 unspecified atom stereocenters. The first kappa shape index (κ1) is 25.0. The van der Waals surface area contributed by atoms with Crippen molar-refractivity contribution in [3.8, 4) is 5.75 Å². The van der Waals surface area contributed by atoms with Crippen LogP contribution in [0, 0.1) is 0 Å². The number of hydrogen-bond acceptors (Lipinski definition) is 9. The Bertz CT molecular complexity index is 1090. The number of anilines is 2. The molecule has 0 atom stereocenters. The lowest BCUT2D eigenvalue weighted by Crippen LogP contribution is -2.50. The molecular formula is C21H29ClN6O4S. The van der Waals surface area contributed by atoms with Crippen molar-refractivity contribution in [2.24, 2.45) is 0 Å². The van der Waals surface area contributed by atoms with Crippen LogP contribution in [0.5, 0.6) is 5.75 Å². The minimum Gasteiger partial charge on any atom is -0.495 e. The van der Waals surface area contributed by atoms with Crippen LogP contribution in [-0.4, -0.2) is 75.6 Å². The molecule has 10 nitrogen and oxygen atoms in total. The quantitative estimate of drug-likeness (QED) is 0.497. The summed E-state index contributed by atoms with van der Waals surface area (Å²) < 4.78 is 31.5. The number of carbonyl (C=O) groups is 1. The Kier molecular flexibility index (Phi) is 8.33. The SMILES string of the molecule is CCCCNC(=O)CN1CCN(c2ncc(S(=O)(=O)c3cc(Cl)ccc3OC)c(N)n2)CC1. The molecule has 0 bridgehead atoms. The number of halogens is 1.